The lowest BCUT2D eigenvalue weighted by Gasteiger charge is -2.25. The molecule has 3 atom stereocenters. The zero-order chi connectivity index (χ0) is 41.4. The highest BCUT2D eigenvalue weighted by molar-refractivity contribution is 7.47. The van der Waals surface area contributed by atoms with Crippen LogP contribution >= 0.6 is 7.82 Å². The maximum Gasteiger partial charge on any atom is 0.472 e. The summed E-state index contributed by atoms with van der Waals surface area (Å²) in [4.78, 5) is 23.1. The highest BCUT2D eigenvalue weighted by atomic mass is 31.2. The summed E-state index contributed by atoms with van der Waals surface area (Å²) in [7, 11) is 1.57. The van der Waals surface area contributed by atoms with Crippen molar-refractivity contribution in [3.05, 3.63) is 24.3 Å². The summed E-state index contributed by atoms with van der Waals surface area (Å²) in [5.41, 5.74) is 0. The van der Waals surface area contributed by atoms with Crippen LogP contribution in [0.3, 0.4) is 0 Å². The van der Waals surface area contributed by atoms with E-state index in [1.807, 2.05) is 27.2 Å². The van der Waals surface area contributed by atoms with Gasteiger partial charge in [-0.2, -0.15) is 0 Å². The fraction of sp³-hybridized carbons (Fsp3) is 0.894. The molecule has 0 radical (unpaired) electrons. The number of aliphatic hydroxyl groups excluding tert-OH is 1. The predicted molar refractivity (Wildman–Crippen MR) is 240 cm³/mol. The minimum Gasteiger partial charge on any atom is -0.387 e. The number of amides is 1. The number of aliphatic hydroxyl groups is 1. The molecule has 9 heteroatoms. The Bertz CT molecular complexity index is 969. The fourth-order valence-corrected chi connectivity index (χ4v) is 7.60. The largest absolute Gasteiger partial charge is 0.472 e. The van der Waals surface area contributed by atoms with E-state index in [4.69, 9.17) is 9.05 Å². The quantitative estimate of drug-likeness (QED) is 0.0245. The molecule has 3 unspecified atom stereocenters. The van der Waals surface area contributed by atoms with Gasteiger partial charge in [-0.15, -0.1) is 0 Å². The molecule has 0 fully saturated rings. The van der Waals surface area contributed by atoms with Gasteiger partial charge in [0.2, 0.25) is 5.91 Å². The Morgan fingerprint density at radius 2 is 0.964 bits per heavy atom. The third-order valence-corrected chi connectivity index (χ3v) is 11.6. The summed E-state index contributed by atoms with van der Waals surface area (Å²) in [6, 6.07) is -0.845. The SMILES string of the molecule is CCCCCCCCCC/C=C\CCCCCCCCCC(=O)NC(COP(=O)(O)OCC[N+](C)(C)C)C(O)/C=C/CCCCCCCCCCCCCCC. The Labute approximate surface area is 347 Å². The van der Waals surface area contributed by atoms with Gasteiger partial charge in [0.05, 0.1) is 39.9 Å². The number of rotatable bonds is 43. The number of phosphoric acid groups is 1. The van der Waals surface area contributed by atoms with Crippen molar-refractivity contribution < 1.29 is 32.9 Å². The Balaban J connectivity index is 4.36. The van der Waals surface area contributed by atoms with Crippen LogP contribution in [0.4, 0.5) is 0 Å². The minimum atomic E-state index is -4.34. The molecule has 0 aliphatic rings. The van der Waals surface area contributed by atoms with Crippen LogP contribution in [-0.2, 0) is 18.4 Å². The first kappa shape index (κ1) is 55.0. The molecular weight excluding hydrogens is 719 g/mol. The fourth-order valence-electron chi connectivity index (χ4n) is 6.86. The van der Waals surface area contributed by atoms with Gasteiger partial charge in [0, 0.05) is 6.42 Å². The van der Waals surface area contributed by atoms with Gasteiger partial charge >= 0.3 is 7.82 Å². The van der Waals surface area contributed by atoms with Crippen molar-refractivity contribution in [1.29, 1.82) is 0 Å². The van der Waals surface area contributed by atoms with Crippen LogP contribution < -0.4 is 5.32 Å². The average molecular weight is 814 g/mol. The molecule has 0 aromatic rings. The highest BCUT2D eigenvalue weighted by Crippen LogP contribution is 2.43. The van der Waals surface area contributed by atoms with Gasteiger partial charge < -0.3 is 19.8 Å². The van der Waals surface area contributed by atoms with Crippen LogP contribution in [0.1, 0.15) is 219 Å². The predicted octanol–water partition coefficient (Wildman–Crippen LogP) is 13.3. The van der Waals surface area contributed by atoms with Crippen LogP contribution in [0.5, 0.6) is 0 Å². The lowest BCUT2D eigenvalue weighted by molar-refractivity contribution is -0.870. The molecule has 8 nitrogen and oxygen atoms in total. The second kappa shape index (κ2) is 39.4. The number of quaternary nitrogens is 1. The van der Waals surface area contributed by atoms with Crippen molar-refractivity contribution in [3.63, 3.8) is 0 Å². The number of likely N-dealkylation sites (N-methyl/N-ethyl adjacent to an activating group) is 1. The number of unbranched alkanes of at least 4 members (excludes halogenated alkanes) is 28. The first-order valence-corrected chi connectivity index (χ1v) is 25.2. The second-order valence-corrected chi connectivity index (χ2v) is 18.9. The first-order valence-electron chi connectivity index (χ1n) is 23.7. The van der Waals surface area contributed by atoms with Crippen molar-refractivity contribution in [1.82, 2.24) is 5.32 Å². The van der Waals surface area contributed by atoms with Gasteiger partial charge in [-0.3, -0.25) is 13.8 Å². The summed E-state index contributed by atoms with van der Waals surface area (Å²) in [5.74, 6) is -0.181. The van der Waals surface area contributed by atoms with Crippen LogP contribution in [0.15, 0.2) is 24.3 Å². The lowest BCUT2D eigenvalue weighted by Crippen LogP contribution is -2.45. The third kappa shape index (κ3) is 41.2. The zero-order valence-corrected chi connectivity index (χ0v) is 38.5. The number of carbonyl (C=O) groups excluding carboxylic acids is 1. The van der Waals surface area contributed by atoms with Gasteiger partial charge in [0.25, 0.3) is 0 Å². The van der Waals surface area contributed by atoms with E-state index in [1.54, 1.807) is 6.08 Å². The van der Waals surface area contributed by atoms with Gasteiger partial charge in [-0.25, -0.2) is 4.57 Å². The number of hydrogen-bond acceptors (Lipinski definition) is 5. The van der Waals surface area contributed by atoms with E-state index in [2.05, 4.69) is 31.3 Å². The molecule has 0 aliphatic heterocycles. The van der Waals surface area contributed by atoms with Crippen molar-refractivity contribution in [2.75, 3.05) is 40.9 Å². The molecule has 0 aromatic heterocycles. The standard InChI is InChI=1S/C47H93N2O6P/c1-6-8-10-12-14-16-18-20-22-23-24-25-27-29-31-33-35-37-39-41-47(51)48-45(44-55-56(52,53)54-43-42-49(3,4)5)46(50)40-38-36-34-32-30-28-26-21-19-17-15-13-11-9-7-2/h23-24,38,40,45-46,50H,6-22,25-37,39,41-44H2,1-5H3,(H-,48,51,52,53)/p+1/b24-23-,40-38+. The molecule has 0 aliphatic carbocycles. The van der Waals surface area contributed by atoms with Gasteiger partial charge in [-0.1, -0.05) is 192 Å². The van der Waals surface area contributed by atoms with E-state index in [0.717, 1.165) is 38.5 Å². The maximum absolute atomic E-state index is 12.9. The van der Waals surface area contributed by atoms with E-state index in [9.17, 15) is 19.4 Å². The average Bonchev–Trinajstić information content (AvgIpc) is 3.15. The number of hydrogen-bond donors (Lipinski definition) is 3. The van der Waals surface area contributed by atoms with Crippen molar-refractivity contribution >= 4 is 13.7 Å². The highest BCUT2D eigenvalue weighted by Gasteiger charge is 2.27. The molecule has 56 heavy (non-hydrogen) atoms. The Hall–Kier alpha value is -1.02. The van der Waals surface area contributed by atoms with E-state index < -0.39 is 20.0 Å². The van der Waals surface area contributed by atoms with E-state index in [0.29, 0.717) is 17.4 Å². The molecule has 0 saturated carbocycles. The molecule has 332 valence electrons. The van der Waals surface area contributed by atoms with Gasteiger partial charge in [-0.05, 0) is 44.9 Å². The Morgan fingerprint density at radius 1 is 0.589 bits per heavy atom. The van der Waals surface area contributed by atoms with E-state index in [-0.39, 0.29) is 19.1 Å². The number of nitrogens with one attached hydrogen (secondary N) is 1. The van der Waals surface area contributed by atoms with E-state index >= 15 is 0 Å². The monoisotopic (exact) mass is 814 g/mol. The molecule has 1 amide bonds. The number of phosphoric ester groups is 1. The summed E-state index contributed by atoms with van der Waals surface area (Å²) in [6.45, 7) is 4.82. The molecule has 0 saturated heterocycles. The number of allylic oxidation sites excluding steroid dienone is 3. The molecule has 0 rings (SSSR count). The van der Waals surface area contributed by atoms with E-state index in [1.165, 1.54) is 161 Å². The Kier molecular flexibility index (Phi) is 38.7. The maximum atomic E-state index is 12.9. The topological polar surface area (TPSA) is 105 Å². The third-order valence-electron chi connectivity index (χ3n) is 10.7. The van der Waals surface area contributed by atoms with Gasteiger partial charge in [0.1, 0.15) is 13.2 Å². The Morgan fingerprint density at radius 3 is 1.38 bits per heavy atom. The molecular formula is C47H94N2O6P+. The molecule has 0 aromatic carbocycles. The number of carbonyl (C=O) groups is 1. The number of nitrogens with zero attached hydrogens (tertiary/aromatic N) is 1. The molecule has 0 spiro atoms. The second-order valence-electron chi connectivity index (χ2n) is 17.5. The zero-order valence-electron chi connectivity index (χ0n) is 37.6. The van der Waals surface area contributed by atoms with Crippen LogP contribution in [0, 0.1) is 0 Å². The summed E-state index contributed by atoms with van der Waals surface area (Å²) < 4.78 is 23.6. The molecule has 0 bridgehead atoms. The first-order chi connectivity index (χ1) is 27.0. The molecule has 3 N–H and O–H groups in total. The smallest absolute Gasteiger partial charge is 0.387 e. The van der Waals surface area contributed by atoms with Crippen molar-refractivity contribution in [2.45, 2.75) is 231 Å². The summed E-state index contributed by atoms with van der Waals surface area (Å²) >= 11 is 0. The molecule has 0 heterocycles. The normalized spacial score (nSPS) is 14.5. The summed E-state index contributed by atoms with van der Waals surface area (Å²) in [6.07, 6.45) is 46.7. The minimum absolute atomic E-state index is 0.0618. The van der Waals surface area contributed by atoms with Crippen molar-refractivity contribution in [2.24, 2.45) is 0 Å². The van der Waals surface area contributed by atoms with Crippen LogP contribution in [0.2, 0.25) is 0 Å². The summed E-state index contributed by atoms with van der Waals surface area (Å²) in [5, 5.41) is 13.8. The van der Waals surface area contributed by atoms with Gasteiger partial charge in [0.15, 0.2) is 0 Å². The lowest BCUT2D eigenvalue weighted by atomic mass is 10.0. The van der Waals surface area contributed by atoms with Crippen LogP contribution in [-0.4, -0.2) is 73.4 Å². The van der Waals surface area contributed by atoms with Crippen molar-refractivity contribution in [3.8, 4) is 0 Å². The van der Waals surface area contributed by atoms with Crippen LogP contribution in [0.25, 0.3) is 0 Å².